The van der Waals surface area contributed by atoms with Crippen molar-refractivity contribution in [1.29, 1.82) is 0 Å². The number of urea groups is 1. The van der Waals surface area contributed by atoms with E-state index in [9.17, 15) is 4.79 Å². The molecule has 0 fully saturated rings. The maximum Gasteiger partial charge on any atom is 0.319 e. The Morgan fingerprint density at radius 2 is 2.14 bits per heavy atom. The van der Waals surface area contributed by atoms with E-state index in [0.717, 1.165) is 5.01 Å². The first-order valence-corrected chi connectivity index (χ1v) is 7.55. The van der Waals surface area contributed by atoms with Crippen LogP contribution < -0.4 is 15.4 Å². The molecular formula is C16H17N3O2S. The zero-order valence-corrected chi connectivity index (χ0v) is 13.2. The average molecular weight is 315 g/mol. The Labute approximate surface area is 133 Å². The van der Waals surface area contributed by atoms with E-state index in [1.165, 1.54) is 11.3 Å². The summed E-state index contributed by atoms with van der Waals surface area (Å²) < 4.78 is 5.27. The molecule has 0 bridgehead atoms. The van der Waals surface area contributed by atoms with Gasteiger partial charge in [-0.1, -0.05) is 5.92 Å². The Morgan fingerprint density at radius 3 is 2.73 bits per heavy atom. The predicted molar refractivity (Wildman–Crippen MR) is 88.1 cm³/mol. The minimum atomic E-state index is -0.534. The third kappa shape index (κ3) is 4.24. The highest BCUT2D eigenvalue weighted by atomic mass is 32.1. The molecule has 0 radical (unpaired) electrons. The van der Waals surface area contributed by atoms with Crippen molar-refractivity contribution in [2.45, 2.75) is 19.4 Å². The standard InChI is InChI=1S/C16H17N3O2S/c1-4-10-21-13-7-5-12(6-8-13)18-15(20)19-16(2,3)14-17-9-11-22-14/h1,5-9,11H,10H2,2-3H3,(H2,18,19,20). The Bertz CT molecular complexity index is 658. The molecule has 114 valence electrons. The van der Waals surface area contributed by atoms with Crippen LogP contribution >= 0.6 is 11.3 Å². The van der Waals surface area contributed by atoms with Crippen molar-refractivity contribution in [2.24, 2.45) is 0 Å². The number of carbonyl (C=O) groups is 1. The molecule has 1 aromatic carbocycles. The number of ether oxygens (including phenoxy) is 1. The van der Waals surface area contributed by atoms with Gasteiger partial charge >= 0.3 is 6.03 Å². The SMILES string of the molecule is C#CCOc1ccc(NC(=O)NC(C)(C)c2nccs2)cc1. The molecule has 0 aliphatic carbocycles. The van der Waals surface area contributed by atoms with Crippen LogP contribution in [0.3, 0.4) is 0 Å². The molecule has 1 aromatic heterocycles. The number of carbonyl (C=O) groups excluding carboxylic acids is 1. The van der Waals surface area contributed by atoms with Crippen LogP contribution in [-0.4, -0.2) is 17.6 Å². The average Bonchev–Trinajstić information content (AvgIpc) is 3.01. The van der Waals surface area contributed by atoms with E-state index < -0.39 is 5.54 Å². The number of terminal acetylenes is 1. The third-order valence-electron chi connectivity index (χ3n) is 2.83. The molecule has 5 nitrogen and oxygen atoms in total. The molecule has 2 N–H and O–H groups in total. The van der Waals surface area contributed by atoms with Crippen LogP contribution in [-0.2, 0) is 5.54 Å². The number of anilines is 1. The van der Waals surface area contributed by atoms with Gasteiger partial charge in [0.25, 0.3) is 0 Å². The Balaban J connectivity index is 1.93. The molecule has 22 heavy (non-hydrogen) atoms. The van der Waals surface area contributed by atoms with Crippen molar-refractivity contribution >= 4 is 23.1 Å². The fourth-order valence-electron chi connectivity index (χ4n) is 1.79. The molecule has 0 saturated carbocycles. The lowest BCUT2D eigenvalue weighted by atomic mass is 10.1. The van der Waals surface area contributed by atoms with Crippen LogP contribution in [0.25, 0.3) is 0 Å². The highest BCUT2D eigenvalue weighted by Gasteiger charge is 2.25. The summed E-state index contributed by atoms with van der Waals surface area (Å²) in [4.78, 5) is 16.3. The Kier molecular flexibility index (Phi) is 5.02. The van der Waals surface area contributed by atoms with E-state index in [4.69, 9.17) is 11.2 Å². The summed E-state index contributed by atoms with van der Waals surface area (Å²) in [6.45, 7) is 4.03. The molecule has 0 spiro atoms. The van der Waals surface area contributed by atoms with E-state index in [0.29, 0.717) is 11.4 Å². The number of benzene rings is 1. The van der Waals surface area contributed by atoms with Gasteiger partial charge in [0, 0.05) is 17.3 Å². The molecule has 0 saturated heterocycles. The smallest absolute Gasteiger partial charge is 0.319 e. The summed E-state index contributed by atoms with van der Waals surface area (Å²) in [5.74, 6) is 3.05. The monoisotopic (exact) mass is 315 g/mol. The molecule has 1 heterocycles. The number of nitrogens with zero attached hydrogens (tertiary/aromatic N) is 1. The summed E-state index contributed by atoms with van der Waals surface area (Å²) in [5.41, 5.74) is 0.133. The summed E-state index contributed by atoms with van der Waals surface area (Å²) in [6.07, 6.45) is 6.85. The van der Waals surface area contributed by atoms with Crippen LogP contribution in [0.4, 0.5) is 10.5 Å². The minimum Gasteiger partial charge on any atom is -0.481 e. The quantitative estimate of drug-likeness (QED) is 0.833. The minimum absolute atomic E-state index is 0.218. The van der Waals surface area contributed by atoms with Crippen molar-refractivity contribution in [3.8, 4) is 18.1 Å². The first-order valence-electron chi connectivity index (χ1n) is 6.67. The zero-order chi connectivity index (χ0) is 16.0. The maximum absolute atomic E-state index is 12.1. The lowest BCUT2D eigenvalue weighted by Gasteiger charge is -2.24. The van der Waals surface area contributed by atoms with Crippen LogP contribution in [0.15, 0.2) is 35.8 Å². The molecule has 0 aliphatic rings. The summed E-state index contributed by atoms with van der Waals surface area (Å²) in [7, 11) is 0. The second-order valence-corrected chi connectivity index (χ2v) is 5.95. The van der Waals surface area contributed by atoms with Gasteiger partial charge < -0.3 is 15.4 Å². The first kappa shape index (κ1) is 15.9. The van der Waals surface area contributed by atoms with Gasteiger partial charge in [-0.15, -0.1) is 17.8 Å². The van der Waals surface area contributed by atoms with Gasteiger partial charge in [-0.2, -0.15) is 0 Å². The molecule has 0 unspecified atom stereocenters. The van der Waals surface area contributed by atoms with E-state index in [2.05, 4.69) is 21.5 Å². The van der Waals surface area contributed by atoms with Crippen LogP contribution in [0, 0.1) is 12.3 Å². The van der Waals surface area contributed by atoms with Gasteiger partial charge in [0.2, 0.25) is 0 Å². The summed E-state index contributed by atoms with van der Waals surface area (Å²) >= 11 is 1.50. The van der Waals surface area contributed by atoms with E-state index in [1.54, 1.807) is 30.5 Å². The van der Waals surface area contributed by atoms with Gasteiger partial charge in [0.05, 0.1) is 5.54 Å². The van der Waals surface area contributed by atoms with Crippen molar-refractivity contribution in [2.75, 3.05) is 11.9 Å². The van der Waals surface area contributed by atoms with Gasteiger partial charge in [0.15, 0.2) is 0 Å². The first-order chi connectivity index (χ1) is 10.5. The van der Waals surface area contributed by atoms with Crippen molar-refractivity contribution in [3.63, 3.8) is 0 Å². The summed E-state index contributed by atoms with van der Waals surface area (Å²) in [6, 6.07) is 6.71. The topological polar surface area (TPSA) is 63.2 Å². The molecule has 2 amide bonds. The number of hydrogen-bond donors (Lipinski definition) is 2. The van der Waals surface area contributed by atoms with Gasteiger partial charge in [-0.3, -0.25) is 0 Å². The largest absolute Gasteiger partial charge is 0.481 e. The normalized spacial score (nSPS) is 10.6. The van der Waals surface area contributed by atoms with Crippen LogP contribution in [0.1, 0.15) is 18.9 Å². The number of aromatic nitrogens is 1. The fourth-order valence-corrected chi connectivity index (χ4v) is 2.51. The molecule has 0 atom stereocenters. The maximum atomic E-state index is 12.1. The van der Waals surface area contributed by atoms with E-state index in [1.807, 2.05) is 19.2 Å². The van der Waals surface area contributed by atoms with Crippen LogP contribution in [0.5, 0.6) is 5.75 Å². The molecule has 6 heteroatoms. The predicted octanol–water partition coefficient (Wildman–Crippen LogP) is 3.21. The zero-order valence-electron chi connectivity index (χ0n) is 12.4. The third-order valence-corrected chi connectivity index (χ3v) is 3.92. The number of nitrogens with one attached hydrogen (secondary N) is 2. The van der Waals surface area contributed by atoms with Gasteiger partial charge in [-0.25, -0.2) is 9.78 Å². The number of thiazole rings is 1. The summed E-state index contributed by atoms with van der Waals surface area (Å²) in [5, 5.41) is 8.40. The highest BCUT2D eigenvalue weighted by molar-refractivity contribution is 7.09. The van der Waals surface area contributed by atoms with Gasteiger partial charge in [0.1, 0.15) is 17.4 Å². The molecule has 0 aliphatic heterocycles. The molecule has 2 rings (SSSR count). The van der Waals surface area contributed by atoms with Gasteiger partial charge in [-0.05, 0) is 38.1 Å². The van der Waals surface area contributed by atoms with Crippen molar-refractivity contribution in [1.82, 2.24) is 10.3 Å². The lowest BCUT2D eigenvalue weighted by molar-refractivity contribution is 0.242. The Morgan fingerprint density at radius 1 is 1.41 bits per heavy atom. The van der Waals surface area contributed by atoms with E-state index >= 15 is 0 Å². The number of rotatable bonds is 5. The fraction of sp³-hybridized carbons (Fsp3) is 0.250. The highest BCUT2D eigenvalue weighted by Crippen LogP contribution is 2.22. The lowest BCUT2D eigenvalue weighted by Crippen LogP contribution is -2.43. The number of hydrogen-bond acceptors (Lipinski definition) is 4. The second kappa shape index (κ2) is 6.96. The second-order valence-electron chi connectivity index (χ2n) is 5.06. The Hall–Kier alpha value is -2.52. The van der Waals surface area contributed by atoms with E-state index in [-0.39, 0.29) is 12.6 Å². The molecular weight excluding hydrogens is 298 g/mol. The molecule has 2 aromatic rings. The van der Waals surface area contributed by atoms with Crippen molar-refractivity contribution < 1.29 is 9.53 Å². The van der Waals surface area contributed by atoms with Crippen LogP contribution in [0.2, 0.25) is 0 Å². The number of amides is 2. The van der Waals surface area contributed by atoms with Crippen molar-refractivity contribution in [3.05, 3.63) is 40.8 Å².